The van der Waals surface area contributed by atoms with E-state index in [1.54, 1.807) is 0 Å². The van der Waals surface area contributed by atoms with E-state index in [-0.39, 0.29) is 5.41 Å². The minimum absolute atomic E-state index is 0.202. The average Bonchev–Trinajstić information content (AvgIpc) is 2.64. The molecule has 0 amide bonds. The molecule has 2 N–H and O–H groups in total. The van der Waals surface area contributed by atoms with Crippen LogP contribution in [0.5, 0.6) is 0 Å². The smallest absolute Gasteiger partial charge is 0.0459 e. The van der Waals surface area contributed by atoms with E-state index >= 15 is 0 Å². The molecule has 1 atom stereocenters. The van der Waals surface area contributed by atoms with Gasteiger partial charge in [0.25, 0.3) is 0 Å². The molecule has 1 aliphatic rings. The Morgan fingerprint density at radius 1 is 1.29 bits per heavy atom. The normalized spacial score (nSPS) is 22.7. The number of aryl methyl sites for hydroxylation is 1. The molecule has 17 heavy (non-hydrogen) atoms. The number of aromatic nitrogens is 1. The van der Waals surface area contributed by atoms with Gasteiger partial charge >= 0.3 is 0 Å². The van der Waals surface area contributed by atoms with Crippen molar-refractivity contribution >= 4 is 10.9 Å². The number of hydrogen-bond donors (Lipinski definition) is 2. The van der Waals surface area contributed by atoms with Gasteiger partial charge < -0.3 is 10.3 Å². The third-order valence-electron chi connectivity index (χ3n) is 3.94. The van der Waals surface area contributed by atoms with Gasteiger partial charge in [-0.2, -0.15) is 0 Å². The lowest BCUT2D eigenvalue weighted by Gasteiger charge is -2.34. The molecule has 0 bridgehead atoms. The van der Waals surface area contributed by atoms with Gasteiger partial charge in [0.05, 0.1) is 0 Å². The van der Waals surface area contributed by atoms with E-state index < -0.39 is 0 Å². The average molecular weight is 228 g/mol. The lowest BCUT2D eigenvalue weighted by atomic mass is 9.78. The molecule has 1 aromatic heterocycles. The van der Waals surface area contributed by atoms with E-state index in [1.165, 1.54) is 27.7 Å². The highest BCUT2D eigenvalue weighted by atomic mass is 15.0. The Kier molecular flexibility index (Phi) is 2.14. The number of nitrogens with one attached hydrogen (secondary N) is 2. The van der Waals surface area contributed by atoms with Crippen molar-refractivity contribution in [3.05, 3.63) is 35.0 Å². The molecule has 0 radical (unpaired) electrons. The van der Waals surface area contributed by atoms with Crippen LogP contribution in [0, 0.1) is 6.92 Å². The van der Waals surface area contributed by atoms with Gasteiger partial charge in [-0.05, 0) is 31.5 Å². The van der Waals surface area contributed by atoms with E-state index in [4.69, 9.17) is 0 Å². The molecule has 0 spiro atoms. The third kappa shape index (κ3) is 1.51. The zero-order valence-corrected chi connectivity index (χ0v) is 11.0. The molecule has 1 aromatic carbocycles. The number of hydrogen-bond acceptors (Lipinski definition) is 1. The summed E-state index contributed by atoms with van der Waals surface area (Å²) in [7, 11) is 0. The Morgan fingerprint density at radius 2 is 2.06 bits per heavy atom. The highest BCUT2D eigenvalue weighted by Gasteiger charge is 2.33. The molecular weight excluding hydrogens is 208 g/mol. The van der Waals surface area contributed by atoms with Crippen LogP contribution in [-0.4, -0.2) is 11.5 Å². The molecule has 2 nitrogen and oxygen atoms in total. The zero-order chi connectivity index (χ0) is 12.2. The molecule has 0 aliphatic carbocycles. The molecule has 1 aliphatic heterocycles. The fourth-order valence-electron chi connectivity index (χ4n) is 2.98. The van der Waals surface area contributed by atoms with Gasteiger partial charge in [0.1, 0.15) is 0 Å². The number of aromatic amines is 1. The Labute approximate surface area is 102 Å². The van der Waals surface area contributed by atoms with Crippen molar-refractivity contribution in [2.45, 2.75) is 39.2 Å². The van der Waals surface area contributed by atoms with Crippen LogP contribution in [0.2, 0.25) is 0 Å². The van der Waals surface area contributed by atoms with Crippen molar-refractivity contribution in [2.24, 2.45) is 0 Å². The molecule has 0 saturated heterocycles. The molecule has 2 heterocycles. The van der Waals surface area contributed by atoms with Gasteiger partial charge in [-0.3, -0.25) is 0 Å². The lowest BCUT2D eigenvalue weighted by molar-refractivity contribution is 0.394. The van der Waals surface area contributed by atoms with Crippen molar-refractivity contribution in [1.29, 1.82) is 0 Å². The monoisotopic (exact) mass is 228 g/mol. The van der Waals surface area contributed by atoms with Gasteiger partial charge in [0, 0.05) is 34.6 Å². The summed E-state index contributed by atoms with van der Waals surface area (Å²) in [5.41, 5.74) is 5.67. The van der Waals surface area contributed by atoms with Crippen molar-refractivity contribution < 1.29 is 0 Å². The topological polar surface area (TPSA) is 27.8 Å². The molecule has 1 unspecified atom stereocenters. The Hall–Kier alpha value is -1.28. The van der Waals surface area contributed by atoms with Crippen molar-refractivity contribution in [2.75, 3.05) is 6.54 Å². The summed E-state index contributed by atoms with van der Waals surface area (Å²) in [5.74, 6) is 0. The molecule has 3 rings (SSSR count). The van der Waals surface area contributed by atoms with Crippen LogP contribution in [0.15, 0.2) is 18.2 Å². The van der Waals surface area contributed by atoms with Gasteiger partial charge in [-0.1, -0.05) is 25.5 Å². The van der Waals surface area contributed by atoms with E-state index in [1.807, 2.05) is 0 Å². The van der Waals surface area contributed by atoms with E-state index in [0.717, 1.165) is 6.54 Å². The quantitative estimate of drug-likeness (QED) is 0.710. The zero-order valence-electron chi connectivity index (χ0n) is 11.0. The van der Waals surface area contributed by atoms with E-state index in [0.29, 0.717) is 6.04 Å². The first-order valence-corrected chi connectivity index (χ1v) is 6.35. The number of H-pyrrole nitrogens is 1. The summed E-state index contributed by atoms with van der Waals surface area (Å²) in [6.07, 6.45) is 0. The maximum Gasteiger partial charge on any atom is 0.0459 e. The fraction of sp³-hybridized carbons (Fsp3) is 0.467. The minimum atomic E-state index is 0.202. The molecular formula is C15H20N2. The van der Waals surface area contributed by atoms with Crippen LogP contribution in [0.25, 0.3) is 10.9 Å². The highest BCUT2D eigenvalue weighted by Crippen LogP contribution is 2.39. The van der Waals surface area contributed by atoms with Gasteiger partial charge in [-0.25, -0.2) is 0 Å². The summed E-state index contributed by atoms with van der Waals surface area (Å²) >= 11 is 0. The number of fused-ring (bicyclic) bond motifs is 3. The van der Waals surface area contributed by atoms with Crippen LogP contribution >= 0.6 is 0 Å². The summed E-state index contributed by atoms with van der Waals surface area (Å²) in [6, 6.07) is 7.11. The first-order valence-electron chi connectivity index (χ1n) is 6.35. The number of benzene rings is 1. The van der Waals surface area contributed by atoms with E-state index in [9.17, 15) is 0 Å². The number of rotatable bonds is 0. The first-order chi connectivity index (χ1) is 7.99. The van der Waals surface area contributed by atoms with Crippen molar-refractivity contribution in [3.8, 4) is 0 Å². The largest absolute Gasteiger partial charge is 0.357 e. The maximum absolute atomic E-state index is 3.59. The van der Waals surface area contributed by atoms with Crippen LogP contribution < -0.4 is 5.32 Å². The van der Waals surface area contributed by atoms with Crippen LogP contribution in [-0.2, 0) is 5.41 Å². The summed E-state index contributed by atoms with van der Waals surface area (Å²) in [6.45, 7) is 10.1. The Bertz CT molecular complexity index is 578. The van der Waals surface area contributed by atoms with E-state index in [2.05, 4.69) is 56.2 Å². The first kappa shape index (κ1) is 10.8. The molecule has 90 valence electrons. The summed E-state index contributed by atoms with van der Waals surface area (Å²) in [4.78, 5) is 3.59. The predicted molar refractivity (Wildman–Crippen MR) is 72.5 cm³/mol. The van der Waals surface area contributed by atoms with Crippen LogP contribution in [0.1, 0.15) is 43.6 Å². The SMILES string of the molecule is Cc1ccc2[nH]c3c(c2c1)C(C)(C)CNC3C. The standard InChI is InChI=1S/C15H20N2/c1-9-5-6-12-11(7-9)13-14(17-12)10(2)16-8-15(13,3)4/h5-7,10,16-17H,8H2,1-4H3. The van der Waals surface area contributed by atoms with Gasteiger partial charge in [-0.15, -0.1) is 0 Å². The second-order valence-corrected chi connectivity index (χ2v) is 5.95. The third-order valence-corrected chi connectivity index (χ3v) is 3.94. The molecule has 0 fully saturated rings. The molecule has 0 saturated carbocycles. The maximum atomic E-state index is 3.59. The summed E-state index contributed by atoms with van der Waals surface area (Å²) < 4.78 is 0. The van der Waals surface area contributed by atoms with Crippen molar-refractivity contribution in [3.63, 3.8) is 0 Å². The van der Waals surface area contributed by atoms with Gasteiger partial charge in [0.2, 0.25) is 0 Å². The minimum Gasteiger partial charge on any atom is -0.357 e. The molecule has 2 aromatic rings. The fourth-order valence-corrected chi connectivity index (χ4v) is 2.98. The van der Waals surface area contributed by atoms with Crippen LogP contribution in [0.4, 0.5) is 0 Å². The predicted octanol–water partition coefficient (Wildman–Crippen LogP) is 3.42. The van der Waals surface area contributed by atoms with Gasteiger partial charge in [0.15, 0.2) is 0 Å². The van der Waals surface area contributed by atoms with Crippen LogP contribution in [0.3, 0.4) is 0 Å². The van der Waals surface area contributed by atoms with Crippen molar-refractivity contribution in [1.82, 2.24) is 10.3 Å². The second-order valence-electron chi connectivity index (χ2n) is 5.95. The summed E-state index contributed by atoms with van der Waals surface area (Å²) in [5, 5.41) is 4.97. The molecule has 2 heteroatoms. The Balaban J connectivity index is 2.38. The highest BCUT2D eigenvalue weighted by molar-refractivity contribution is 5.87. The Morgan fingerprint density at radius 3 is 2.82 bits per heavy atom. The second kappa shape index (κ2) is 3.36. The lowest BCUT2D eigenvalue weighted by Crippen LogP contribution is -2.40.